The van der Waals surface area contributed by atoms with Gasteiger partial charge in [0.2, 0.25) is 0 Å². The molecule has 3 aromatic rings. The lowest BCUT2D eigenvalue weighted by molar-refractivity contribution is -0.123. The number of esters is 1. The average Bonchev–Trinajstić information content (AvgIpc) is 3.51. The van der Waals surface area contributed by atoms with E-state index in [-0.39, 0.29) is 18.5 Å². The van der Waals surface area contributed by atoms with Crippen molar-refractivity contribution >= 4 is 41.6 Å². The van der Waals surface area contributed by atoms with Gasteiger partial charge in [0.15, 0.2) is 6.61 Å². The topological polar surface area (TPSA) is 81.9 Å². The molecule has 1 aliphatic rings. The van der Waals surface area contributed by atoms with E-state index < -0.39 is 0 Å². The van der Waals surface area contributed by atoms with Gasteiger partial charge in [-0.15, -0.1) is 23.5 Å². The summed E-state index contributed by atoms with van der Waals surface area (Å²) >= 11 is 3.91. The van der Waals surface area contributed by atoms with Crippen LogP contribution in [0.4, 0.5) is 0 Å². The van der Waals surface area contributed by atoms with E-state index in [9.17, 15) is 9.59 Å². The van der Waals surface area contributed by atoms with E-state index in [1.54, 1.807) is 18.3 Å². The number of carbonyl (C=O) groups excluding carboxylic acids is 2. The predicted molar refractivity (Wildman–Crippen MR) is 142 cm³/mol. The molecule has 1 N–H and O–H groups in total. The van der Waals surface area contributed by atoms with E-state index in [1.165, 1.54) is 24.2 Å². The zero-order valence-electron chi connectivity index (χ0n) is 19.8. The van der Waals surface area contributed by atoms with E-state index in [0.29, 0.717) is 15.9 Å². The second-order valence-electron chi connectivity index (χ2n) is 7.92. The molecule has 35 heavy (non-hydrogen) atoms. The van der Waals surface area contributed by atoms with Gasteiger partial charge in [0.25, 0.3) is 5.91 Å². The molecule has 2 aromatic carbocycles. The van der Waals surface area contributed by atoms with Gasteiger partial charge in [-0.05, 0) is 61.9 Å². The summed E-state index contributed by atoms with van der Waals surface area (Å²) in [6, 6.07) is 17.1. The first kappa shape index (κ1) is 24.9. The van der Waals surface area contributed by atoms with Gasteiger partial charge in [-0.2, -0.15) is 5.10 Å². The Morgan fingerprint density at radius 3 is 2.43 bits per heavy atom. The van der Waals surface area contributed by atoms with Crippen molar-refractivity contribution in [3.8, 4) is 11.4 Å². The summed E-state index contributed by atoms with van der Waals surface area (Å²) in [5, 5.41) is 4.09. The number of methoxy groups -OCH3 is 1. The highest BCUT2D eigenvalue weighted by molar-refractivity contribution is 8.19. The number of thioether (sulfide) groups is 2. The Morgan fingerprint density at radius 2 is 1.77 bits per heavy atom. The molecule has 1 amide bonds. The summed E-state index contributed by atoms with van der Waals surface area (Å²) in [5.41, 5.74) is 8.04. The first-order valence-electron chi connectivity index (χ1n) is 11.1. The van der Waals surface area contributed by atoms with Gasteiger partial charge in [-0.3, -0.25) is 4.79 Å². The molecular formula is C26H27N3O4S2. The Balaban J connectivity index is 1.32. The maximum atomic E-state index is 12.2. The standard InChI is InChI=1S/C26H27N3O4S2/c1-17-14-21(18(2)29(17)22-8-4-19(5-9-22)25(31)32-3)15-27-28-24(30)16-33-23-10-6-20(7-11-23)26-34-12-13-35-26/h4-11,14-15,26H,12-13,16H2,1-3H3,(H,28,30)/b27-15-. The molecule has 4 rings (SSSR count). The van der Waals surface area contributed by atoms with Gasteiger partial charge in [0.1, 0.15) is 5.75 Å². The van der Waals surface area contributed by atoms with Gasteiger partial charge in [-0.1, -0.05) is 12.1 Å². The number of ether oxygens (including phenoxy) is 2. The Morgan fingerprint density at radius 1 is 1.09 bits per heavy atom. The molecule has 0 atom stereocenters. The number of aryl methyl sites for hydroxylation is 1. The molecule has 0 unspecified atom stereocenters. The number of nitrogens with one attached hydrogen (secondary N) is 1. The summed E-state index contributed by atoms with van der Waals surface area (Å²) in [6.07, 6.45) is 1.62. The van der Waals surface area contributed by atoms with E-state index in [2.05, 4.69) is 27.2 Å². The van der Waals surface area contributed by atoms with Crippen molar-refractivity contribution in [2.24, 2.45) is 5.10 Å². The summed E-state index contributed by atoms with van der Waals surface area (Å²) < 4.78 is 12.9. The van der Waals surface area contributed by atoms with Crippen molar-refractivity contribution in [1.29, 1.82) is 0 Å². The van der Waals surface area contributed by atoms with Gasteiger partial charge in [0, 0.05) is 34.1 Å². The van der Waals surface area contributed by atoms with Crippen LogP contribution in [0.2, 0.25) is 0 Å². The molecule has 1 saturated heterocycles. The molecule has 0 bridgehead atoms. The molecule has 7 nitrogen and oxygen atoms in total. The van der Waals surface area contributed by atoms with Crippen molar-refractivity contribution in [3.63, 3.8) is 0 Å². The third-order valence-electron chi connectivity index (χ3n) is 5.55. The quantitative estimate of drug-likeness (QED) is 0.265. The zero-order chi connectivity index (χ0) is 24.8. The van der Waals surface area contributed by atoms with Crippen molar-refractivity contribution in [1.82, 2.24) is 9.99 Å². The molecule has 0 radical (unpaired) electrons. The highest BCUT2D eigenvalue weighted by atomic mass is 32.2. The molecule has 0 saturated carbocycles. The Kier molecular flexibility index (Phi) is 8.20. The SMILES string of the molecule is COC(=O)c1ccc(-n2c(C)cc(/C=N\NC(=O)COc3ccc(C4SCCS4)cc3)c2C)cc1. The number of amides is 1. The largest absolute Gasteiger partial charge is 0.484 e. The summed E-state index contributed by atoms with van der Waals surface area (Å²) in [5.74, 6) is 2.32. The van der Waals surface area contributed by atoms with Gasteiger partial charge in [-0.25, -0.2) is 10.2 Å². The van der Waals surface area contributed by atoms with Crippen molar-refractivity contribution in [3.05, 3.63) is 82.7 Å². The van der Waals surface area contributed by atoms with Crippen LogP contribution < -0.4 is 10.2 Å². The fourth-order valence-corrected chi connectivity index (χ4v) is 6.67. The number of nitrogens with zero attached hydrogens (tertiary/aromatic N) is 2. The van der Waals surface area contributed by atoms with Crippen LogP contribution in [0.25, 0.3) is 5.69 Å². The second kappa shape index (κ2) is 11.5. The smallest absolute Gasteiger partial charge is 0.337 e. The number of rotatable bonds is 8. The number of hydrazone groups is 1. The molecule has 0 aliphatic carbocycles. The van der Waals surface area contributed by atoms with Gasteiger partial charge in [0.05, 0.1) is 23.5 Å². The number of hydrogen-bond acceptors (Lipinski definition) is 7. The van der Waals surface area contributed by atoms with Crippen molar-refractivity contribution in [2.75, 3.05) is 25.2 Å². The Labute approximate surface area is 213 Å². The minimum Gasteiger partial charge on any atom is -0.484 e. The van der Waals surface area contributed by atoms with Crippen LogP contribution in [-0.4, -0.2) is 47.9 Å². The molecule has 9 heteroatoms. The lowest BCUT2D eigenvalue weighted by atomic mass is 10.2. The maximum absolute atomic E-state index is 12.2. The Bertz CT molecular complexity index is 1210. The number of carbonyl (C=O) groups is 2. The Hall–Kier alpha value is -3.17. The second-order valence-corrected chi connectivity index (χ2v) is 10.6. The van der Waals surface area contributed by atoms with Crippen LogP contribution in [0.15, 0.2) is 59.7 Å². The highest BCUT2D eigenvalue weighted by Gasteiger charge is 2.18. The monoisotopic (exact) mass is 509 g/mol. The number of benzene rings is 2. The zero-order valence-corrected chi connectivity index (χ0v) is 21.4. The molecule has 2 heterocycles. The van der Waals surface area contributed by atoms with Crippen LogP contribution >= 0.6 is 23.5 Å². The fourth-order valence-electron chi connectivity index (χ4n) is 3.81. The summed E-state index contributed by atoms with van der Waals surface area (Å²) in [4.78, 5) is 23.8. The predicted octanol–water partition coefficient (Wildman–Crippen LogP) is 4.89. The third-order valence-corrected chi connectivity index (χ3v) is 8.66. The minimum absolute atomic E-state index is 0.116. The van der Waals surface area contributed by atoms with Crippen molar-refractivity contribution in [2.45, 2.75) is 18.4 Å². The molecule has 0 spiro atoms. The highest BCUT2D eigenvalue weighted by Crippen LogP contribution is 2.45. The normalized spacial score (nSPS) is 13.8. The lowest BCUT2D eigenvalue weighted by Gasteiger charge is -2.10. The maximum Gasteiger partial charge on any atom is 0.337 e. The summed E-state index contributed by atoms with van der Waals surface area (Å²) in [7, 11) is 1.36. The molecule has 182 valence electrons. The molecular weight excluding hydrogens is 482 g/mol. The van der Waals surface area contributed by atoms with Crippen molar-refractivity contribution < 1.29 is 19.1 Å². The lowest BCUT2D eigenvalue weighted by Crippen LogP contribution is -2.24. The van der Waals surface area contributed by atoms with E-state index in [0.717, 1.165) is 22.6 Å². The van der Waals surface area contributed by atoms with Crippen LogP contribution in [0, 0.1) is 13.8 Å². The van der Waals surface area contributed by atoms with E-state index >= 15 is 0 Å². The summed E-state index contributed by atoms with van der Waals surface area (Å²) in [6.45, 7) is 3.84. The number of hydrogen-bond donors (Lipinski definition) is 1. The molecule has 1 aliphatic heterocycles. The minimum atomic E-state index is -0.371. The van der Waals surface area contributed by atoms with E-state index in [4.69, 9.17) is 9.47 Å². The van der Waals surface area contributed by atoms with Gasteiger partial charge >= 0.3 is 5.97 Å². The van der Waals surface area contributed by atoms with Gasteiger partial charge < -0.3 is 14.0 Å². The fraction of sp³-hybridized carbons (Fsp3) is 0.269. The number of aromatic nitrogens is 1. The third kappa shape index (κ3) is 6.10. The molecule has 1 fully saturated rings. The van der Waals surface area contributed by atoms with Crippen LogP contribution in [0.1, 0.15) is 37.5 Å². The average molecular weight is 510 g/mol. The van der Waals surface area contributed by atoms with E-state index in [1.807, 2.05) is 67.7 Å². The van der Waals surface area contributed by atoms with Crippen LogP contribution in [0.5, 0.6) is 5.75 Å². The van der Waals surface area contributed by atoms with Crippen LogP contribution in [-0.2, 0) is 9.53 Å². The van der Waals surface area contributed by atoms with Crippen LogP contribution in [0.3, 0.4) is 0 Å². The molecule has 1 aromatic heterocycles. The first-order valence-corrected chi connectivity index (χ1v) is 13.2. The first-order chi connectivity index (χ1) is 17.0.